The maximum atomic E-state index is 13.3. The van der Waals surface area contributed by atoms with Gasteiger partial charge in [0.2, 0.25) is 0 Å². The van der Waals surface area contributed by atoms with Gasteiger partial charge in [-0.1, -0.05) is 18.2 Å². The van der Waals surface area contributed by atoms with E-state index in [-0.39, 0.29) is 24.0 Å². The van der Waals surface area contributed by atoms with E-state index in [0.29, 0.717) is 6.54 Å². The zero-order valence-electron chi connectivity index (χ0n) is 16.9. The molecule has 5 rings (SSSR count). The van der Waals surface area contributed by atoms with Gasteiger partial charge in [-0.05, 0) is 56.1 Å². The minimum absolute atomic E-state index is 0. The van der Waals surface area contributed by atoms with Crippen molar-refractivity contribution in [2.75, 3.05) is 13.1 Å². The Morgan fingerprint density at radius 3 is 2.80 bits per heavy atom. The number of hydrogen-bond acceptors (Lipinski definition) is 4. The molecule has 0 radical (unpaired) electrons. The second-order valence-electron chi connectivity index (χ2n) is 7.71. The van der Waals surface area contributed by atoms with E-state index in [0.717, 1.165) is 54.3 Å². The highest BCUT2D eigenvalue weighted by molar-refractivity contribution is 5.85. The van der Waals surface area contributed by atoms with E-state index in [2.05, 4.69) is 10.3 Å². The summed E-state index contributed by atoms with van der Waals surface area (Å²) in [7, 11) is 0. The smallest absolute Gasteiger partial charge is 0.316 e. The Balaban J connectivity index is 0.00000218. The maximum absolute atomic E-state index is 13.3. The lowest BCUT2D eigenvalue weighted by Crippen LogP contribution is -2.31. The first-order valence-corrected chi connectivity index (χ1v) is 10.1. The van der Waals surface area contributed by atoms with Crippen LogP contribution in [0.15, 0.2) is 59.7 Å². The molecule has 1 aromatic carbocycles. The fraction of sp³-hybridized carbons (Fsp3) is 0.318. The molecule has 1 aliphatic rings. The van der Waals surface area contributed by atoms with Crippen molar-refractivity contribution in [3.05, 3.63) is 82.4 Å². The summed E-state index contributed by atoms with van der Waals surface area (Å²) in [5.74, 6) is 1.05. The van der Waals surface area contributed by atoms with Crippen LogP contribution >= 0.6 is 12.4 Å². The van der Waals surface area contributed by atoms with Crippen LogP contribution < -0.4 is 11.0 Å². The van der Waals surface area contributed by atoms with Gasteiger partial charge in [0.15, 0.2) is 0 Å². The van der Waals surface area contributed by atoms with E-state index in [9.17, 15) is 4.79 Å². The number of halogens is 1. The number of rotatable bonds is 4. The number of aryl methyl sites for hydroxylation is 1. The quantitative estimate of drug-likeness (QED) is 0.547. The molecule has 1 N–H and O–H groups in total. The van der Waals surface area contributed by atoms with Crippen molar-refractivity contribution in [2.45, 2.75) is 32.2 Å². The zero-order valence-corrected chi connectivity index (χ0v) is 17.7. The first-order chi connectivity index (χ1) is 14.2. The predicted octanol–water partition coefficient (Wildman–Crippen LogP) is 2.93. The van der Waals surface area contributed by atoms with Crippen molar-refractivity contribution in [1.29, 1.82) is 0 Å². The molecule has 0 aliphatic carbocycles. The van der Waals surface area contributed by atoms with Gasteiger partial charge in [-0.25, -0.2) is 19.0 Å². The lowest BCUT2D eigenvalue weighted by molar-refractivity contribution is 0.439. The monoisotopic (exact) mass is 424 g/mol. The van der Waals surface area contributed by atoms with Gasteiger partial charge in [-0.2, -0.15) is 5.10 Å². The second-order valence-corrected chi connectivity index (χ2v) is 7.71. The van der Waals surface area contributed by atoms with E-state index in [4.69, 9.17) is 5.10 Å². The average molecular weight is 425 g/mol. The van der Waals surface area contributed by atoms with Crippen molar-refractivity contribution >= 4 is 18.1 Å². The summed E-state index contributed by atoms with van der Waals surface area (Å²) in [6, 6.07) is 13.9. The third kappa shape index (κ3) is 3.78. The molecule has 1 fully saturated rings. The number of nitrogens with one attached hydrogen (secondary N) is 1. The third-order valence-corrected chi connectivity index (χ3v) is 5.52. The van der Waals surface area contributed by atoms with E-state index >= 15 is 0 Å². The molecule has 0 spiro atoms. The first kappa shape index (κ1) is 20.4. The van der Waals surface area contributed by atoms with Gasteiger partial charge in [0.1, 0.15) is 11.5 Å². The summed E-state index contributed by atoms with van der Waals surface area (Å²) in [6.07, 6.45) is 6.08. The van der Waals surface area contributed by atoms with E-state index in [1.54, 1.807) is 9.25 Å². The molecule has 3 aromatic heterocycles. The molecule has 1 saturated heterocycles. The number of nitrogens with zero attached hydrogens (tertiary/aromatic N) is 5. The van der Waals surface area contributed by atoms with Crippen LogP contribution in [-0.4, -0.2) is 36.8 Å². The van der Waals surface area contributed by atoms with Crippen LogP contribution in [0.25, 0.3) is 11.3 Å². The molecular weight excluding hydrogens is 400 g/mol. The Bertz CT molecular complexity index is 1200. The highest BCUT2D eigenvalue weighted by Crippen LogP contribution is 2.23. The Labute approximate surface area is 180 Å². The number of fused-ring (bicyclic) bond motifs is 1. The van der Waals surface area contributed by atoms with Crippen molar-refractivity contribution in [2.24, 2.45) is 0 Å². The number of hydrogen-bond donors (Lipinski definition) is 1. The highest BCUT2D eigenvalue weighted by atomic mass is 35.5. The fourth-order valence-corrected chi connectivity index (χ4v) is 4.05. The lowest BCUT2D eigenvalue weighted by atomic mass is 9.99. The Kier molecular flexibility index (Phi) is 5.74. The van der Waals surface area contributed by atoms with Crippen molar-refractivity contribution in [1.82, 2.24) is 29.0 Å². The van der Waals surface area contributed by atoms with E-state index in [1.165, 1.54) is 0 Å². The minimum Gasteiger partial charge on any atom is -0.316 e. The predicted molar refractivity (Wildman–Crippen MR) is 119 cm³/mol. The molecular formula is C22H25ClN6O. The van der Waals surface area contributed by atoms with Crippen LogP contribution in [0.1, 0.15) is 35.8 Å². The molecule has 1 aliphatic heterocycles. The molecule has 0 bridgehead atoms. The summed E-state index contributed by atoms with van der Waals surface area (Å²) >= 11 is 0. The number of pyridine rings is 1. The molecule has 0 amide bonds. The molecule has 4 aromatic rings. The summed E-state index contributed by atoms with van der Waals surface area (Å²) < 4.78 is 5.29. The average Bonchev–Trinajstić information content (AvgIpc) is 3.29. The lowest BCUT2D eigenvalue weighted by Gasteiger charge is -2.22. The number of imidazole rings is 1. The number of benzene rings is 1. The van der Waals surface area contributed by atoms with Gasteiger partial charge in [-0.15, -0.1) is 12.4 Å². The topological polar surface area (TPSA) is 69.2 Å². The third-order valence-electron chi connectivity index (χ3n) is 5.52. The SMILES string of the molecule is Cc1ccn2cc(Cn3nc(C4CCCNC4)n(-c4ccccc4)c3=O)nc2c1.Cl. The van der Waals surface area contributed by atoms with Crippen molar-refractivity contribution in [3.8, 4) is 5.69 Å². The molecule has 156 valence electrons. The Morgan fingerprint density at radius 2 is 2.03 bits per heavy atom. The summed E-state index contributed by atoms with van der Waals surface area (Å²) in [4.78, 5) is 18.0. The zero-order chi connectivity index (χ0) is 19.8. The molecule has 1 atom stereocenters. The molecule has 4 heterocycles. The van der Waals surface area contributed by atoms with Crippen LogP contribution in [0.5, 0.6) is 0 Å². The number of para-hydroxylation sites is 1. The van der Waals surface area contributed by atoms with Crippen molar-refractivity contribution < 1.29 is 0 Å². The van der Waals surface area contributed by atoms with Gasteiger partial charge in [0, 0.05) is 24.9 Å². The Hall–Kier alpha value is -2.90. The highest BCUT2D eigenvalue weighted by Gasteiger charge is 2.25. The largest absolute Gasteiger partial charge is 0.350 e. The maximum Gasteiger partial charge on any atom is 0.350 e. The van der Waals surface area contributed by atoms with Crippen LogP contribution in [0, 0.1) is 6.92 Å². The number of piperidine rings is 1. The summed E-state index contributed by atoms with van der Waals surface area (Å²) in [5, 5.41) is 8.20. The van der Waals surface area contributed by atoms with Gasteiger partial charge in [0.25, 0.3) is 0 Å². The second kappa shape index (κ2) is 8.45. The Morgan fingerprint density at radius 1 is 1.20 bits per heavy atom. The van der Waals surface area contributed by atoms with Gasteiger partial charge < -0.3 is 9.72 Å². The minimum atomic E-state index is -0.120. The van der Waals surface area contributed by atoms with Gasteiger partial charge >= 0.3 is 5.69 Å². The standard InChI is InChI=1S/C22H24N6O.ClH/c1-16-9-11-26-14-18(24-20(26)12-16)15-27-22(29)28(19-7-3-2-4-8-19)21(25-27)17-6-5-10-23-13-17;/h2-4,7-9,11-12,14,17,23H,5-6,10,13,15H2,1H3;1H. The molecule has 1 unspecified atom stereocenters. The molecule has 30 heavy (non-hydrogen) atoms. The molecule has 7 nitrogen and oxygen atoms in total. The summed E-state index contributed by atoms with van der Waals surface area (Å²) in [5.41, 5.74) is 3.60. The van der Waals surface area contributed by atoms with E-state index in [1.807, 2.05) is 66.2 Å². The van der Waals surface area contributed by atoms with Gasteiger partial charge in [0.05, 0.1) is 17.9 Å². The van der Waals surface area contributed by atoms with Crippen LogP contribution in [0.3, 0.4) is 0 Å². The molecule has 0 saturated carbocycles. The number of aromatic nitrogens is 5. The van der Waals surface area contributed by atoms with Crippen LogP contribution in [0.4, 0.5) is 0 Å². The van der Waals surface area contributed by atoms with E-state index < -0.39 is 0 Å². The van der Waals surface area contributed by atoms with Gasteiger partial charge in [-0.3, -0.25) is 0 Å². The van der Waals surface area contributed by atoms with Crippen molar-refractivity contribution in [3.63, 3.8) is 0 Å². The molecule has 8 heteroatoms. The fourth-order valence-electron chi connectivity index (χ4n) is 4.05. The normalized spacial score (nSPS) is 16.5. The summed E-state index contributed by atoms with van der Waals surface area (Å²) in [6.45, 7) is 4.27. The van der Waals surface area contributed by atoms with Crippen LogP contribution in [-0.2, 0) is 6.54 Å². The first-order valence-electron chi connectivity index (χ1n) is 10.1. The van der Waals surface area contributed by atoms with Crippen LogP contribution in [0.2, 0.25) is 0 Å².